The number of ether oxygens (including phenoxy) is 1. The Morgan fingerprint density at radius 3 is 2.36 bits per heavy atom. The quantitative estimate of drug-likeness (QED) is 0.344. The molecule has 0 unspecified atom stereocenters. The van der Waals surface area contributed by atoms with E-state index in [0.717, 1.165) is 28.8 Å². The summed E-state index contributed by atoms with van der Waals surface area (Å²) < 4.78 is 5.98. The van der Waals surface area contributed by atoms with Crippen LogP contribution in [0.5, 0.6) is 11.6 Å². The van der Waals surface area contributed by atoms with Crippen LogP contribution in [0.4, 0.5) is 0 Å². The van der Waals surface area contributed by atoms with Gasteiger partial charge in [-0.2, -0.15) is 4.98 Å². The molecule has 1 aromatic heterocycles. The molecule has 0 aliphatic heterocycles. The molecule has 4 heteroatoms. The molecule has 0 N–H and O–H groups in total. The third-order valence-electron chi connectivity index (χ3n) is 4.53. The number of aryl methyl sites for hydroxylation is 2. The van der Waals surface area contributed by atoms with E-state index < -0.39 is 0 Å². The maximum Gasteiger partial charge on any atom is 0.223 e. The van der Waals surface area contributed by atoms with E-state index in [2.05, 4.69) is 74.1 Å². The van der Waals surface area contributed by atoms with Gasteiger partial charge in [0.2, 0.25) is 5.88 Å². The lowest BCUT2D eigenvalue weighted by molar-refractivity contribution is 0.454. The van der Waals surface area contributed by atoms with Gasteiger partial charge in [0.05, 0.1) is 0 Å². The number of hydrogen-bond donors (Lipinski definition) is 0. The summed E-state index contributed by atoms with van der Waals surface area (Å²) in [6.45, 7) is 10.8. The SMILES string of the molecule is CCc1cccc(Oc2cc(C)nc(SCc3ccc(C(C)(C)C)cc3)n2)c1. The molecule has 3 aromatic rings. The first-order valence-corrected chi connectivity index (χ1v) is 10.7. The fourth-order valence-electron chi connectivity index (χ4n) is 2.83. The van der Waals surface area contributed by atoms with E-state index in [1.165, 1.54) is 16.7 Å². The molecule has 2 aromatic carbocycles. The third-order valence-corrected chi connectivity index (χ3v) is 5.45. The van der Waals surface area contributed by atoms with Gasteiger partial charge in [-0.25, -0.2) is 4.98 Å². The molecular formula is C24H28N2OS. The number of nitrogens with zero attached hydrogens (tertiary/aromatic N) is 2. The monoisotopic (exact) mass is 392 g/mol. The molecule has 28 heavy (non-hydrogen) atoms. The molecule has 0 aliphatic rings. The van der Waals surface area contributed by atoms with E-state index in [0.29, 0.717) is 5.88 Å². The second-order valence-electron chi connectivity index (χ2n) is 7.97. The second kappa shape index (κ2) is 8.78. The first-order valence-electron chi connectivity index (χ1n) is 9.68. The highest BCUT2D eigenvalue weighted by Gasteiger charge is 2.13. The van der Waals surface area contributed by atoms with E-state index in [1.54, 1.807) is 11.8 Å². The smallest absolute Gasteiger partial charge is 0.223 e. The molecule has 0 bridgehead atoms. The standard InChI is InChI=1S/C24H28N2OS/c1-6-18-8-7-9-21(15-18)27-22-14-17(2)25-23(26-22)28-16-19-10-12-20(13-11-19)24(3,4)5/h7-15H,6,16H2,1-5H3. The molecule has 146 valence electrons. The van der Waals surface area contributed by atoms with Crippen LogP contribution in [-0.4, -0.2) is 9.97 Å². The third kappa shape index (κ3) is 5.59. The van der Waals surface area contributed by atoms with E-state index in [1.807, 2.05) is 25.1 Å². The minimum Gasteiger partial charge on any atom is -0.439 e. The molecule has 3 rings (SSSR count). The Morgan fingerprint density at radius 2 is 1.68 bits per heavy atom. The average molecular weight is 393 g/mol. The molecule has 0 fully saturated rings. The highest BCUT2D eigenvalue weighted by Crippen LogP contribution is 2.27. The van der Waals surface area contributed by atoms with Crippen LogP contribution in [0, 0.1) is 6.92 Å². The molecular weight excluding hydrogens is 364 g/mol. The summed E-state index contributed by atoms with van der Waals surface area (Å²) in [5, 5.41) is 0.738. The van der Waals surface area contributed by atoms with E-state index >= 15 is 0 Å². The maximum atomic E-state index is 5.98. The number of hydrogen-bond acceptors (Lipinski definition) is 4. The Balaban J connectivity index is 1.69. The first kappa shape index (κ1) is 20.4. The van der Waals surface area contributed by atoms with Crippen molar-refractivity contribution < 1.29 is 4.74 Å². The van der Waals surface area contributed by atoms with Crippen molar-refractivity contribution in [3.63, 3.8) is 0 Å². The van der Waals surface area contributed by atoms with Crippen molar-refractivity contribution in [3.8, 4) is 11.6 Å². The van der Waals surface area contributed by atoms with Crippen LogP contribution in [0.1, 0.15) is 50.1 Å². The van der Waals surface area contributed by atoms with Crippen molar-refractivity contribution in [2.45, 2.75) is 57.4 Å². The highest BCUT2D eigenvalue weighted by molar-refractivity contribution is 7.98. The maximum absolute atomic E-state index is 5.98. The van der Waals surface area contributed by atoms with Crippen LogP contribution in [0.3, 0.4) is 0 Å². The summed E-state index contributed by atoms with van der Waals surface area (Å²) in [4.78, 5) is 9.14. The van der Waals surface area contributed by atoms with Gasteiger partial charge in [-0.1, -0.05) is 75.9 Å². The Labute approximate surface area is 172 Å². The lowest BCUT2D eigenvalue weighted by Crippen LogP contribution is -2.10. The van der Waals surface area contributed by atoms with Crippen LogP contribution in [0.15, 0.2) is 59.8 Å². The highest BCUT2D eigenvalue weighted by atomic mass is 32.2. The first-order chi connectivity index (χ1) is 13.3. The largest absolute Gasteiger partial charge is 0.439 e. The Hall–Kier alpha value is -2.33. The average Bonchev–Trinajstić information content (AvgIpc) is 2.66. The van der Waals surface area contributed by atoms with Crippen LogP contribution in [-0.2, 0) is 17.6 Å². The minimum atomic E-state index is 0.173. The Kier molecular flexibility index (Phi) is 6.40. The molecule has 0 atom stereocenters. The van der Waals surface area contributed by atoms with Crippen molar-refractivity contribution in [2.75, 3.05) is 0 Å². The predicted molar refractivity (Wildman–Crippen MR) is 117 cm³/mol. The van der Waals surface area contributed by atoms with Crippen LogP contribution >= 0.6 is 11.8 Å². The van der Waals surface area contributed by atoms with Crippen LogP contribution < -0.4 is 4.74 Å². The summed E-state index contributed by atoms with van der Waals surface area (Å²) in [6, 6.07) is 18.8. The summed E-state index contributed by atoms with van der Waals surface area (Å²) in [5.74, 6) is 2.23. The fourth-order valence-corrected chi connectivity index (χ4v) is 3.68. The Bertz CT molecular complexity index is 930. The van der Waals surface area contributed by atoms with E-state index in [-0.39, 0.29) is 5.41 Å². The molecule has 0 radical (unpaired) electrons. The summed E-state index contributed by atoms with van der Waals surface area (Å²) >= 11 is 1.63. The summed E-state index contributed by atoms with van der Waals surface area (Å²) in [5.41, 5.74) is 4.94. The normalized spacial score (nSPS) is 11.5. The van der Waals surface area contributed by atoms with Gasteiger partial charge in [-0.3, -0.25) is 0 Å². The van der Waals surface area contributed by atoms with Gasteiger partial charge in [0.1, 0.15) is 5.75 Å². The van der Waals surface area contributed by atoms with Gasteiger partial charge in [0.15, 0.2) is 5.16 Å². The fraction of sp³-hybridized carbons (Fsp3) is 0.333. The molecule has 1 heterocycles. The lowest BCUT2D eigenvalue weighted by atomic mass is 9.87. The van der Waals surface area contributed by atoms with Gasteiger partial charge in [-0.15, -0.1) is 0 Å². The number of benzene rings is 2. The summed E-state index contributed by atoms with van der Waals surface area (Å²) in [7, 11) is 0. The van der Waals surface area contributed by atoms with Crippen molar-refractivity contribution in [3.05, 3.63) is 77.0 Å². The van der Waals surface area contributed by atoms with Crippen molar-refractivity contribution in [2.24, 2.45) is 0 Å². The zero-order valence-electron chi connectivity index (χ0n) is 17.3. The molecule has 0 aliphatic carbocycles. The van der Waals surface area contributed by atoms with Gasteiger partial charge < -0.3 is 4.74 Å². The predicted octanol–water partition coefficient (Wildman–Crippen LogP) is 6.73. The van der Waals surface area contributed by atoms with Crippen molar-refractivity contribution >= 4 is 11.8 Å². The zero-order chi connectivity index (χ0) is 20.1. The molecule has 0 spiro atoms. The van der Waals surface area contributed by atoms with Crippen molar-refractivity contribution in [1.29, 1.82) is 0 Å². The van der Waals surface area contributed by atoms with Gasteiger partial charge in [-0.05, 0) is 47.6 Å². The molecule has 0 saturated heterocycles. The lowest BCUT2D eigenvalue weighted by Gasteiger charge is -2.19. The van der Waals surface area contributed by atoms with Crippen LogP contribution in [0.2, 0.25) is 0 Å². The van der Waals surface area contributed by atoms with Crippen LogP contribution in [0.25, 0.3) is 0 Å². The molecule has 0 amide bonds. The summed E-state index contributed by atoms with van der Waals surface area (Å²) in [6.07, 6.45) is 0.981. The molecule has 3 nitrogen and oxygen atoms in total. The van der Waals surface area contributed by atoms with Gasteiger partial charge >= 0.3 is 0 Å². The van der Waals surface area contributed by atoms with E-state index in [4.69, 9.17) is 4.74 Å². The minimum absolute atomic E-state index is 0.173. The van der Waals surface area contributed by atoms with Gasteiger partial charge in [0.25, 0.3) is 0 Å². The van der Waals surface area contributed by atoms with Gasteiger partial charge in [0, 0.05) is 17.5 Å². The molecule has 0 saturated carbocycles. The Morgan fingerprint density at radius 1 is 0.929 bits per heavy atom. The zero-order valence-corrected chi connectivity index (χ0v) is 18.1. The second-order valence-corrected chi connectivity index (χ2v) is 8.91. The van der Waals surface area contributed by atoms with Crippen molar-refractivity contribution in [1.82, 2.24) is 9.97 Å². The number of aromatic nitrogens is 2. The topological polar surface area (TPSA) is 35.0 Å². The number of rotatable bonds is 6. The number of thioether (sulfide) groups is 1. The van der Waals surface area contributed by atoms with E-state index in [9.17, 15) is 0 Å².